The van der Waals surface area contributed by atoms with Crippen molar-refractivity contribution in [2.45, 2.75) is 32.1 Å². The fourth-order valence-electron chi connectivity index (χ4n) is 2.51. The number of hydrogen-bond donors (Lipinski definition) is 0. The first-order valence-electron chi connectivity index (χ1n) is 6.48. The van der Waals surface area contributed by atoms with Gasteiger partial charge < -0.3 is 9.47 Å². The SMILES string of the molecule is COc1cccc(CN2CC(CBr)OC(C)(C)C2)n1. The summed E-state index contributed by atoms with van der Waals surface area (Å²) in [5, 5.41) is 0.860. The zero-order chi connectivity index (χ0) is 13.9. The second kappa shape index (κ2) is 6.20. The summed E-state index contributed by atoms with van der Waals surface area (Å²) < 4.78 is 11.2. The Morgan fingerprint density at radius 3 is 3.00 bits per heavy atom. The highest BCUT2D eigenvalue weighted by molar-refractivity contribution is 9.09. The van der Waals surface area contributed by atoms with Gasteiger partial charge in [-0.3, -0.25) is 4.90 Å². The Balaban J connectivity index is 2.04. The third-order valence-electron chi connectivity index (χ3n) is 3.10. The van der Waals surface area contributed by atoms with Crippen molar-refractivity contribution in [3.05, 3.63) is 23.9 Å². The number of pyridine rings is 1. The number of rotatable bonds is 4. The molecule has 4 nitrogen and oxygen atoms in total. The Bertz CT molecular complexity index is 426. The van der Waals surface area contributed by atoms with Crippen molar-refractivity contribution < 1.29 is 9.47 Å². The van der Waals surface area contributed by atoms with E-state index >= 15 is 0 Å². The molecule has 1 atom stereocenters. The number of nitrogens with zero attached hydrogens (tertiary/aromatic N) is 2. The van der Waals surface area contributed by atoms with Crippen molar-refractivity contribution >= 4 is 15.9 Å². The van der Waals surface area contributed by atoms with Crippen molar-refractivity contribution in [3.8, 4) is 5.88 Å². The van der Waals surface area contributed by atoms with Gasteiger partial charge >= 0.3 is 0 Å². The van der Waals surface area contributed by atoms with Gasteiger partial charge in [0.25, 0.3) is 0 Å². The molecule has 0 saturated carbocycles. The predicted octanol–water partition coefficient (Wildman–Crippen LogP) is 2.46. The normalized spacial score (nSPS) is 23.3. The van der Waals surface area contributed by atoms with E-state index < -0.39 is 0 Å². The molecule has 0 spiro atoms. The molecule has 1 aliphatic rings. The molecule has 0 aromatic carbocycles. The van der Waals surface area contributed by atoms with Gasteiger partial charge in [0.15, 0.2) is 0 Å². The van der Waals surface area contributed by atoms with Crippen LogP contribution in [0.15, 0.2) is 18.2 Å². The molecule has 0 bridgehead atoms. The lowest BCUT2D eigenvalue weighted by atomic mass is 10.1. The summed E-state index contributed by atoms with van der Waals surface area (Å²) in [5.74, 6) is 0.669. The molecule has 0 amide bonds. The third-order valence-corrected chi connectivity index (χ3v) is 3.82. The maximum Gasteiger partial charge on any atom is 0.213 e. The fourth-order valence-corrected chi connectivity index (χ4v) is 2.84. The fraction of sp³-hybridized carbons (Fsp3) is 0.643. The van der Waals surface area contributed by atoms with Gasteiger partial charge in [0.2, 0.25) is 5.88 Å². The molecule has 0 radical (unpaired) electrons. The Morgan fingerprint density at radius 2 is 2.32 bits per heavy atom. The van der Waals surface area contributed by atoms with Crippen LogP contribution >= 0.6 is 15.9 Å². The highest BCUT2D eigenvalue weighted by Gasteiger charge is 2.32. The lowest BCUT2D eigenvalue weighted by Gasteiger charge is -2.42. The van der Waals surface area contributed by atoms with Crippen LogP contribution in [0.5, 0.6) is 5.88 Å². The van der Waals surface area contributed by atoms with Crippen molar-refractivity contribution in [2.75, 3.05) is 25.5 Å². The monoisotopic (exact) mass is 328 g/mol. The second-order valence-electron chi connectivity index (χ2n) is 5.49. The van der Waals surface area contributed by atoms with E-state index in [4.69, 9.17) is 9.47 Å². The lowest BCUT2D eigenvalue weighted by Crippen LogP contribution is -2.52. The van der Waals surface area contributed by atoms with Crippen LogP contribution in [-0.2, 0) is 11.3 Å². The first-order chi connectivity index (χ1) is 9.02. The predicted molar refractivity (Wildman–Crippen MR) is 78.8 cm³/mol. The minimum atomic E-state index is -0.116. The van der Waals surface area contributed by atoms with Gasteiger partial charge in [-0.05, 0) is 19.9 Å². The average molecular weight is 329 g/mol. The van der Waals surface area contributed by atoms with Crippen LogP contribution in [0.4, 0.5) is 0 Å². The van der Waals surface area contributed by atoms with Gasteiger partial charge in [0.05, 0.1) is 24.5 Å². The molecular formula is C14H21BrN2O2. The summed E-state index contributed by atoms with van der Waals surface area (Å²) in [5.41, 5.74) is 0.917. The molecule has 1 aromatic rings. The Morgan fingerprint density at radius 1 is 1.53 bits per heavy atom. The number of aromatic nitrogens is 1. The van der Waals surface area contributed by atoms with Crippen molar-refractivity contribution in [1.82, 2.24) is 9.88 Å². The molecule has 0 aliphatic carbocycles. The Hall–Kier alpha value is -0.650. The first-order valence-corrected chi connectivity index (χ1v) is 7.60. The standard InChI is InChI=1S/C14H21BrN2O2/c1-14(2)10-17(9-12(7-15)19-14)8-11-5-4-6-13(16-11)18-3/h4-6,12H,7-10H2,1-3H3. The van der Waals surface area contributed by atoms with E-state index in [2.05, 4.69) is 39.7 Å². The number of halogens is 1. The van der Waals surface area contributed by atoms with Gasteiger partial charge in [-0.15, -0.1) is 0 Å². The summed E-state index contributed by atoms with van der Waals surface area (Å²) in [6.45, 7) is 6.93. The lowest BCUT2D eigenvalue weighted by molar-refractivity contribution is -0.128. The smallest absolute Gasteiger partial charge is 0.213 e. The van der Waals surface area contributed by atoms with E-state index in [1.165, 1.54) is 0 Å². The molecule has 0 N–H and O–H groups in total. The highest BCUT2D eigenvalue weighted by Crippen LogP contribution is 2.23. The molecule has 2 heterocycles. The van der Waals surface area contributed by atoms with Gasteiger partial charge in [0.1, 0.15) is 0 Å². The molecule has 1 unspecified atom stereocenters. The highest BCUT2D eigenvalue weighted by atomic mass is 79.9. The van der Waals surface area contributed by atoms with E-state index in [0.29, 0.717) is 5.88 Å². The molecule has 1 aromatic heterocycles. The van der Waals surface area contributed by atoms with Crippen LogP contribution in [0.2, 0.25) is 0 Å². The van der Waals surface area contributed by atoms with Crippen LogP contribution in [0.25, 0.3) is 0 Å². The Labute approximate surface area is 123 Å². The minimum Gasteiger partial charge on any atom is -0.481 e. The number of morpholine rings is 1. The molecule has 106 valence electrons. The number of hydrogen-bond acceptors (Lipinski definition) is 4. The maximum absolute atomic E-state index is 6.00. The van der Waals surface area contributed by atoms with Gasteiger partial charge in [-0.2, -0.15) is 0 Å². The first kappa shape index (κ1) is 14.8. The van der Waals surface area contributed by atoms with Crippen molar-refractivity contribution in [2.24, 2.45) is 0 Å². The minimum absolute atomic E-state index is 0.116. The van der Waals surface area contributed by atoms with Crippen molar-refractivity contribution in [1.29, 1.82) is 0 Å². The molecule has 1 fully saturated rings. The van der Waals surface area contributed by atoms with Crippen LogP contribution in [0.1, 0.15) is 19.5 Å². The maximum atomic E-state index is 6.00. The van der Waals surface area contributed by atoms with Crippen LogP contribution in [-0.4, -0.2) is 47.1 Å². The second-order valence-corrected chi connectivity index (χ2v) is 6.14. The van der Waals surface area contributed by atoms with Gasteiger partial charge in [-0.25, -0.2) is 4.98 Å². The van der Waals surface area contributed by atoms with Crippen LogP contribution < -0.4 is 4.74 Å². The zero-order valence-corrected chi connectivity index (χ0v) is 13.3. The van der Waals surface area contributed by atoms with Crippen molar-refractivity contribution in [3.63, 3.8) is 0 Å². The van der Waals surface area contributed by atoms with Gasteiger partial charge in [0, 0.05) is 31.0 Å². The molecule has 1 aliphatic heterocycles. The molecular weight excluding hydrogens is 308 g/mol. The van der Waals surface area contributed by atoms with E-state index in [1.807, 2.05) is 18.2 Å². The summed E-state index contributed by atoms with van der Waals surface area (Å²) in [6.07, 6.45) is 0.231. The number of alkyl halides is 1. The topological polar surface area (TPSA) is 34.6 Å². The summed E-state index contributed by atoms with van der Waals surface area (Å²) in [7, 11) is 1.64. The summed E-state index contributed by atoms with van der Waals surface area (Å²) in [4.78, 5) is 6.85. The van der Waals surface area contributed by atoms with E-state index in [0.717, 1.165) is 30.7 Å². The van der Waals surface area contributed by atoms with E-state index in [-0.39, 0.29) is 11.7 Å². The summed E-state index contributed by atoms with van der Waals surface area (Å²) >= 11 is 3.51. The van der Waals surface area contributed by atoms with Crippen LogP contribution in [0, 0.1) is 0 Å². The third kappa shape index (κ3) is 4.16. The molecule has 5 heteroatoms. The largest absolute Gasteiger partial charge is 0.481 e. The number of methoxy groups -OCH3 is 1. The van der Waals surface area contributed by atoms with E-state index in [1.54, 1.807) is 7.11 Å². The molecule has 19 heavy (non-hydrogen) atoms. The van der Waals surface area contributed by atoms with Gasteiger partial charge in [-0.1, -0.05) is 22.0 Å². The molecule has 2 rings (SSSR count). The quantitative estimate of drug-likeness (QED) is 0.795. The number of ether oxygens (including phenoxy) is 2. The molecule has 1 saturated heterocycles. The zero-order valence-electron chi connectivity index (χ0n) is 11.7. The Kier molecular flexibility index (Phi) is 4.81. The van der Waals surface area contributed by atoms with E-state index in [9.17, 15) is 0 Å². The average Bonchev–Trinajstić information content (AvgIpc) is 2.37. The summed E-state index contributed by atoms with van der Waals surface area (Å²) in [6, 6.07) is 5.89. The van der Waals surface area contributed by atoms with Crippen LogP contribution in [0.3, 0.4) is 0 Å².